The maximum atomic E-state index is 13.0. The van der Waals surface area contributed by atoms with Gasteiger partial charge in [-0.05, 0) is 49.4 Å². The molecule has 0 bridgehead atoms. The molecule has 2 rings (SSSR count). The molecule has 0 aromatic heterocycles. The molecular weight excluding hydrogens is 267 g/mol. The lowest BCUT2D eigenvalue weighted by Gasteiger charge is -2.18. The highest BCUT2D eigenvalue weighted by molar-refractivity contribution is 5.78. The van der Waals surface area contributed by atoms with Gasteiger partial charge in [0.15, 0.2) is 0 Å². The highest BCUT2D eigenvalue weighted by Gasteiger charge is 2.09. The van der Waals surface area contributed by atoms with Gasteiger partial charge in [0.25, 0.3) is 0 Å². The SMILES string of the molecule is O=C(Cc1cccc(F)c1)NCCNCC1CC=CCC1. The molecule has 0 saturated heterocycles. The van der Waals surface area contributed by atoms with E-state index in [2.05, 4.69) is 22.8 Å². The van der Waals surface area contributed by atoms with Crippen LogP contribution in [0.5, 0.6) is 0 Å². The van der Waals surface area contributed by atoms with Crippen molar-refractivity contribution in [3.63, 3.8) is 0 Å². The summed E-state index contributed by atoms with van der Waals surface area (Å²) in [5.41, 5.74) is 0.703. The van der Waals surface area contributed by atoms with Crippen LogP contribution in [0, 0.1) is 11.7 Å². The number of carbonyl (C=O) groups excluding carboxylic acids is 1. The average molecular weight is 290 g/mol. The molecule has 0 fully saturated rings. The number of amides is 1. The summed E-state index contributed by atoms with van der Waals surface area (Å²) in [6.07, 6.45) is 8.29. The summed E-state index contributed by atoms with van der Waals surface area (Å²) in [5, 5.41) is 6.23. The number of halogens is 1. The van der Waals surface area contributed by atoms with Crippen molar-refractivity contribution in [2.45, 2.75) is 25.7 Å². The Labute approximate surface area is 125 Å². The van der Waals surface area contributed by atoms with Crippen molar-refractivity contribution in [3.8, 4) is 0 Å². The number of nitrogens with one attached hydrogen (secondary N) is 2. The van der Waals surface area contributed by atoms with E-state index < -0.39 is 0 Å². The Morgan fingerprint density at radius 1 is 1.29 bits per heavy atom. The van der Waals surface area contributed by atoms with Crippen molar-refractivity contribution < 1.29 is 9.18 Å². The Morgan fingerprint density at radius 2 is 2.19 bits per heavy atom. The summed E-state index contributed by atoms with van der Waals surface area (Å²) >= 11 is 0. The van der Waals surface area contributed by atoms with Gasteiger partial charge in [-0.1, -0.05) is 24.3 Å². The standard InChI is InChI=1S/C17H23FN2O/c18-16-8-4-7-15(11-16)12-17(21)20-10-9-19-13-14-5-2-1-3-6-14/h1-2,4,7-8,11,14,19H,3,5-6,9-10,12-13H2,(H,20,21). The molecule has 21 heavy (non-hydrogen) atoms. The molecule has 0 radical (unpaired) electrons. The van der Waals surface area contributed by atoms with Crippen LogP contribution in [0.15, 0.2) is 36.4 Å². The van der Waals surface area contributed by atoms with Gasteiger partial charge in [0, 0.05) is 13.1 Å². The second-order valence-electron chi connectivity index (χ2n) is 5.51. The normalized spacial score (nSPS) is 17.7. The Balaban J connectivity index is 1.56. The molecule has 114 valence electrons. The molecule has 1 aromatic carbocycles. The molecule has 2 N–H and O–H groups in total. The molecule has 1 unspecified atom stereocenters. The average Bonchev–Trinajstić information content (AvgIpc) is 2.48. The van der Waals surface area contributed by atoms with E-state index in [0.29, 0.717) is 12.1 Å². The molecule has 1 amide bonds. The third kappa shape index (κ3) is 6.08. The molecular formula is C17H23FN2O. The number of allylic oxidation sites excluding steroid dienone is 2. The van der Waals surface area contributed by atoms with E-state index in [1.807, 2.05) is 0 Å². The molecule has 3 nitrogen and oxygen atoms in total. The number of hydrogen-bond donors (Lipinski definition) is 2. The number of rotatable bonds is 7. The third-order valence-electron chi connectivity index (χ3n) is 3.69. The molecule has 1 atom stereocenters. The van der Waals surface area contributed by atoms with Crippen molar-refractivity contribution >= 4 is 5.91 Å². The molecule has 1 aliphatic carbocycles. The van der Waals surface area contributed by atoms with E-state index in [1.165, 1.54) is 25.0 Å². The van der Waals surface area contributed by atoms with Gasteiger partial charge in [-0.3, -0.25) is 4.79 Å². The smallest absolute Gasteiger partial charge is 0.224 e. The maximum Gasteiger partial charge on any atom is 0.224 e. The van der Waals surface area contributed by atoms with Crippen LogP contribution in [0.3, 0.4) is 0 Å². The lowest BCUT2D eigenvalue weighted by atomic mass is 9.94. The monoisotopic (exact) mass is 290 g/mol. The minimum Gasteiger partial charge on any atom is -0.355 e. The van der Waals surface area contributed by atoms with E-state index in [9.17, 15) is 9.18 Å². The van der Waals surface area contributed by atoms with E-state index in [0.717, 1.165) is 25.4 Å². The summed E-state index contributed by atoms with van der Waals surface area (Å²) in [7, 11) is 0. The van der Waals surface area contributed by atoms with Crippen LogP contribution >= 0.6 is 0 Å². The predicted molar refractivity (Wildman–Crippen MR) is 82.5 cm³/mol. The summed E-state index contributed by atoms with van der Waals surface area (Å²) < 4.78 is 13.0. The minimum absolute atomic E-state index is 0.0667. The highest BCUT2D eigenvalue weighted by atomic mass is 19.1. The molecule has 0 saturated carbocycles. The van der Waals surface area contributed by atoms with Crippen molar-refractivity contribution in [2.75, 3.05) is 19.6 Å². The highest BCUT2D eigenvalue weighted by Crippen LogP contribution is 2.16. The van der Waals surface area contributed by atoms with Gasteiger partial charge in [0.05, 0.1) is 6.42 Å². The van der Waals surface area contributed by atoms with Crippen molar-refractivity contribution in [1.29, 1.82) is 0 Å². The van der Waals surface area contributed by atoms with E-state index in [-0.39, 0.29) is 18.1 Å². The van der Waals surface area contributed by atoms with Crippen LogP contribution in [0.2, 0.25) is 0 Å². The fourth-order valence-corrected chi connectivity index (χ4v) is 2.53. The van der Waals surface area contributed by atoms with Crippen molar-refractivity contribution in [2.24, 2.45) is 5.92 Å². The van der Waals surface area contributed by atoms with Gasteiger partial charge in [-0.15, -0.1) is 0 Å². The van der Waals surface area contributed by atoms with Crippen LogP contribution in [0.1, 0.15) is 24.8 Å². The zero-order valence-corrected chi connectivity index (χ0v) is 12.3. The van der Waals surface area contributed by atoms with Crippen LogP contribution in [-0.2, 0) is 11.2 Å². The van der Waals surface area contributed by atoms with Crippen LogP contribution < -0.4 is 10.6 Å². The second kappa shape index (κ2) is 8.57. The third-order valence-corrected chi connectivity index (χ3v) is 3.69. The first-order valence-corrected chi connectivity index (χ1v) is 7.61. The van der Waals surface area contributed by atoms with Crippen LogP contribution in [-0.4, -0.2) is 25.5 Å². The second-order valence-corrected chi connectivity index (χ2v) is 5.51. The van der Waals surface area contributed by atoms with Gasteiger partial charge in [0.1, 0.15) is 5.82 Å². The predicted octanol–water partition coefficient (Wildman–Crippen LogP) is 2.43. The van der Waals surface area contributed by atoms with Crippen LogP contribution in [0.25, 0.3) is 0 Å². The Morgan fingerprint density at radius 3 is 2.95 bits per heavy atom. The Hall–Kier alpha value is -1.68. The molecule has 0 heterocycles. The van der Waals surface area contributed by atoms with E-state index in [4.69, 9.17) is 0 Å². The molecule has 0 aliphatic heterocycles. The zero-order chi connectivity index (χ0) is 14.9. The van der Waals surface area contributed by atoms with E-state index in [1.54, 1.807) is 12.1 Å². The molecule has 0 spiro atoms. The lowest BCUT2D eigenvalue weighted by Crippen LogP contribution is -2.34. The summed E-state index contributed by atoms with van der Waals surface area (Å²) in [5.74, 6) is 0.351. The first-order chi connectivity index (χ1) is 10.2. The largest absolute Gasteiger partial charge is 0.355 e. The number of carbonyl (C=O) groups is 1. The Bertz CT molecular complexity index is 487. The van der Waals surface area contributed by atoms with E-state index >= 15 is 0 Å². The molecule has 1 aromatic rings. The minimum atomic E-state index is -0.302. The van der Waals surface area contributed by atoms with Crippen LogP contribution in [0.4, 0.5) is 4.39 Å². The first-order valence-electron chi connectivity index (χ1n) is 7.61. The summed E-state index contributed by atoms with van der Waals surface area (Å²) in [6.45, 7) is 2.38. The van der Waals surface area contributed by atoms with Gasteiger partial charge in [0.2, 0.25) is 5.91 Å². The summed E-state index contributed by atoms with van der Waals surface area (Å²) in [4.78, 5) is 11.7. The quantitative estimate of drug-likeness (QED) is 0.598. The fourth-order valence-electron chi connectivity index (χ4n) is 2.53. The Kier molecular flexibility index (Phi) is 6.41. The van der Waals surface area contributed by atoms with Crippen molar-refractivity contribution in [3.05, 3.63) is 47.8 Å². The first kappa shape index (κ1) is 15.7. The fraction of sp³-hybridized carbons (Fsp3) is 0.471. The summed E-state index contributed by atoms with van der Waals surface area (Å²) in [6, 6.07) is 6.16. The van der Waals surface area contributed by atoms with Crippen molar-refractivity contribution in [1.82, 2.24) is 10.6 Å². The zero-order valence-electron chi connectivity index (χ0n) is 12.3. The van der Waals surface area contributed by atoms with Gasteiger partial charge in [-0.2, -0.15) is 0 Å². The lowest BCUT2D eigenvalue weighted by molar-refractivity contribution is -0.120. The molecule has 1 aliphatic rings. The van der Waals surface area contributed by atoms with Gasteiger partial charge < -0.3 is 10.6 Å². The molecule has 4 heteroatoms. The van der Waals surface area contributed by atoms with Gasteiger partial charge in [-0.25, -0.2) is 4.39 Å². The maximum absolute atomic E-state index is 13.0. The van der Waals surface area contributed by atoms with Gasteiger partial charge >= 0.3 is 0 Å². The number of benzene rings is 1. The number of hydrogen-bond acceptors (Lipinski definition) is 2. The topological polar surface area (TPSA) is 41.1 Å².